The Kier molecular flexibility index (Phi) is 34.3. The number of nitrogens with two attached hydrogens (primary N) is 3. The van der Waals surface area contributed by atoms with Gasteiger partial charge in [0.05, 0.1) is 31.4 Å². The molecule has 2 aromatic rings. The minimum absolute atomic E-state index is 0.0337. The van der Waals surface area contributed by atoms with Crippen LogP contribution in [-0.2, 0) is 59.2 Å². The van der Waals surface area contributed by atoms with E-state index in [0.29, 0.717) is 5.56 Å². The molecular weight excluding hydrogens is 1250 g/mol. The first-order valence-corrected chi connectivity index (χ1v) is 30.8. The minimum Gasteiger partial charge on any atom is -0.480 e. The van der Waals surface area contributed by atoms with Crippen molar-refractivity contribution in [2.45, 2.75) is 186 Å². The zero-order chi connectivity index (χ0) is 72.2. The van der Waals surface area contributed by atoms with Crippen LogP contribution in [0.15, 0.2) is 59.6 Å². The number of aliphatic imine (C=N–C) groups is 1. The van der Waals surface area contributed by atoms with Gasteiger partial charge in [-0.25, -0.2) is 9.59 Å². The number of carboxylic acid groups (broad SMARTS) is 1. The highest BCUT2D eigenvalue weighted by molar-refractivity contribution is 5.98. The maximum absolute atomic E-state index is 15.0. The van der Waals surface area contributed by atoms with Crippen LogP contribution >= 0.6 is 0 Å². The normalized spacial score (nSPS) is 15.8. The number of rotatable bonds is 39. The summed E-state index contributed by atoms with van der Waals surface area (Å²) in [5, 5.41) is 86.1. The Hall–Kier alpha value is -8.96. The number of ether oxygens (including phenoxy) is 2. The van der Waals surface area contributed by atoms with Crippen molar-refractivity contribution in [3.05, 3.63) is 65.7 Å². The van der Waals surface area contributed by atoms with Crippen LogP contribution in [0.25, 0.3) is 0 Å². The monoisotopic (exact) mass is 1350 g/mol. The van der Waals surface area contributed by atoms with Crippen LogP contribution in [0.3, 0.4) is 0 Å². The fourth-order valence-corrected chi connectivity index (χ4v) is 9.05. The summed E-state index contributed by atoms with van der Waals surface area (Å²) in [5.74, 6) is -12.9. The van der Waals surface area contributed by atoms with E-state index >= 15 is 4.79 Å². The van der Waals surface area contributed by atoms with Gasteiger partial charge in [0.25, 0.3) is 0 Å². The number of hydrogen-bond donors (Lipinski definition) is 19. The maximum atomic E-state index is 15.0. The van der Waals surface area contributed by atoms with Crippen molar-refractivity contribution < 1.29 is 92.9 Å². The van der Waals surface area contributed by atoms with E-state index in [1.807, 2.05) is 10.6 Å². The summed E-state index contributed by atoms with van der Waals surface area (Å²) in [5.41, 5.74) is 16.8. The van der Waals surface area contributed by atoms with Gasteiger partial charge in [-0.15, -0.1) is 0 Å². The number of alkyl carbamates (subject to hydrolysis) is 2. The van der Waals surface area contributed by atoms with Crippen molar-refractivity contribution in [1.29, 1.82) is 0 Å². The van der Waals surface area contributed by atoms with Gasteiger partial charge >= 0.3 is 18.2 Å². The van der Waals surface area contributed by atoms with Crippen LogP contribution in [0.2, 0.25) is 0 Å². The molecule has 2 aromatic carbocycles. The Bertz CT molecular complexity index is 2890. The molecule has 2 rings (SSSR count). The van der Waals surface area contributed by atoms with Crippen molar-refractivity contribution in [2.24, 2.45) is 39.9 Å². The number of anilines is 1. The highest BCUT2D eigenvalue weighted by Gasteiger charge is 2.42. The number of nitrogens with one attached hydrogen (secondary N) is 10. The number of primary amides is 1. The smallest absolute Gasteiger partial charge is 0.408 e. The van der Waals surface area contributed by atoms with Crippen molar-refractivity contribution >= 4 is 77.1 Å². The quantitative estimate of drug-likeness (QED) is 0.0133. The average molecular weight is 1350 g/mol. The lowest BCUT2D eigenvalue weighted by Crippen LogP contribution is -2.64. The molecule has 1 unspecified atom stereocenters. The Morgan fingerprint density at radius 1 is 0.642 bits per heavy atom. The molecule has 34 heteroatoms. The minimum atomic E-state index is -2.34. The molecule has 95 heavy (non-hydrogen) atoms. The number of guanidine groups is 1. The van der Waals surface area contributed by atoms with Gasteiger partial charge in [0.1, 0.15) is 66.8 Å². The number of nitrogens with zero attached hydrogens (tertiary/aromatic N) is 2. The lowest BCUT2D eigenvalue weighted by atomic mass is 9.95. The van der Waals surface area contributed by atoms with Crippen LogP contribution in [-0.4, -0.2) is 214 Å². The number of carbonyl (C=O) groups is 11. The molecule has 0 aliphatic rings. The number of aliphatic carboxylic acids is 1. The Morgan fingerprint density at radius 3 is 1.72 bits per heavy atom. The van der Waals surface area contributed by atoms with Gasteiger partial charge in [-0.05, 0) is 88.0 Å². The van der Waals surface area contributed by atoms with Gasteiger partial charge in [-0.3, -0.25) is 53.5 Å². The van der Waals surface area contributed by atoms with E-state index in [0.717, 1.165) is 12.6 Å². The first-order valence-electron chi connectivity index (χ1n) is 30.8. The average Bonchev–Trinajstić information content (AvgIpc) is 0.836. The van der Waals surface area contributed by atoms with E-state index in [4.69, 9.17) is 26.7 Å². The molecule has 0 spiro atoms. The third-order valence-electron chi connectivity index (χ3n) is 14.5. The number of carboxylic acids is 1. The molecule has 0 radical (unpaired) electrons. The zero-order valence-corrected chi connectivity index (χ0v) is 55.7. The zero-order valence-electron chi connectivity index (χ0n) is 55.7. The molecule has 0 fully saturated rings. The Labute approximate surface area is 551 Å². The van der Waals surface area contributed by atoms with Crippen molar-refractivity contribution in [1.82, 2.24) is 53.2 Å². The second kappa shape index (κ2) is 39.7. The van der Waals surface area contributed by atoms with Gasteiger partial charge in [-0.1, -0.05) is 90.4 Å². The summed E-state index contributed by atoms with van der Waals surface area (Å²) in [4.78, 5) is 156. The molecule has 0 saturated carbocycles. The predicted molar refractivity (Wildman–Crippen MR) is 345 cm³/mol. The van der Waals surface area contributed by atoms with E-state index in [2.05, 4.69) is 47.5 Å². The number of hydrogen-bond acceptors (Lipinski definition) is 21. The summed E-state index contributed by atoms with van der Waals surface area (Å²) in [6, 6.07) is -0.323. The maximum Gasteiger partial charge on any atom is 0.408 e. The SMILES string of the molecule is CC[C@H](C)[C@H](NC(=O)[C@@H](CCCN=C(N)N)NC(=O)[C@H](CC(C)C)NC(=O)[C@@H](NC(=O)[C@@H](NC(=O)OCc1ccccc1)[C@H](NC(=O)OC(C)(C)C)c1ccc(N(C)C)cc1)[C@H](O)C(C)C)C(=O)N[C@H](C(=O)NCC(=O)N[C@H](C(O)N[C@@H](CO)C(=O)O)[C@H](O)C(N)=O)[C@H](C)O. The second-order valence-electron chi connectivity index (χ2n) is 24.7. The molecule has 34 nitrogen and oxygen atoms in total. The standard InChI is InChI=1S/C61H99N15O19/c1-13-32(6)41(53(86)72-42(33(7)78)52(85)66-27-40(79)70-46(48(81)49(62)82)56(89)69-39(28-77)57(90)91)71-50(83)37(20-17-25-65-58(63)64)67-51(84)38(26-30(2)3)68-55(88)45(47(80)31(4)5)73-54(87)44(75-59(92)94-29-34-18-15-14-16-19-34)43(74-60(93)95-61(8,9)10)35-21-23-36(24-22-35)76(11)12/h14-16,18-19,21-24,30-33,37-39,41-48,56,69,77-78,80-81,89H,13,17,20,25-29H2,1-12H3,(H2,62,82)(H,66,85)(H,67,84)(H,68,88)(H,70,79)(H,71,83)(H,72,86)(H,73,87)(H,74,93)(H,75,92)(H,90,91)(H4,63,64,65)/t32-,33-,37+,38-,39-,41-,42-,43+,44-,45-,46-,47+,48-,56?/m0/s1. The van der Waals surface area contributed by atoms with Crippen LogP contribution in [0, 0.1) is 17.8 Å². The molecule has 0 saturated heterocycles. The lowest BCUT2D eigenvalue weighted by molar-refractivity contribution is -0.143. The van der Waals surface area contributed by atoms with Gasteiger partial charge in [0.2, 0.25) is 47.3 Å². The van der Waals surface area contributed by atoms with Gasteiger partial charge < -0.3 is 110 Å². The van der Waals surface area contributed by atoms with Crippen LogP contribution in [0.4, 0.5) is 15.3 Å². The van der Waals surface area contributed by atoms with Gasteiger partial charge in [0, 0.05) is 26.3 Å². The highest BCUT2D eigenvalue weighted by atomic mass is 16.6. The number of aliphatic hydroxyl groups excluding tert-OH is 5. The summed E-state index contributed by atoms with van der Waals surface area (Å²) in [7, 11) is 3.58. The molecule has 0 bridgehead atoms. The topological polar surface area (TPSA) is 542 Å². The summed E-state index contributed by atoms with van der Waals surface area (Å²) in [6.45, 7) is 13.3. The van der Waals surface area contributed by atoms with Crippen LogP contribution in [0.1, 0.15) is 112 Å². The van der Waals surface area contributed by atoms with Crippen molar-refractivity contribution in [3.8, 4) is 0 Å². The van der Waals surface area contributed by atoms with Crippen molar-refractivity contribution in [2.75, 3.05) is 38.7 Å². The Morgan fingerprint density at radius 2 is 1.20 bits per heavy atom. The largest absolute Gasteiger partial charge is 0.480 e. The number of aliphatic hydroxyl groups is 5. The molecule has 0 heterocycles. The fourth-order valence-electron chi connectivity index (χ4n) is 9.05. The second-order valence-corrected chi connectivity index (χ2v) is 24.7. The highest BCUT2D eigenvalue weighted by Crippen LogP contribution is 2.24. The summed E-state index contributed by atoms with van der Waals surface area (Å²) in [6.07, 6.45) is -10.2. The predicted octanol–water partition coefficient (Wildman–Crippen LogP) is -3.62. The summed E-state index contributed by atoms with van der Waals surface area (Å²) >= 11 is 0. The van der Waals surface area contributed by atoms with Gasteiger partial charge in [0.15, 0.2) is 12.1 Å². The number of carbonyl (C=O) groups excluding carboxylic acids is 10. The van der Waals surface area contributed by atoms with E-state index in [-0.39, 0.29) is 56.3 Å². The molecular formula is C61H99N15O19. The molecule has 0 aromatic heterocycles. The number of amides is 10. The molecule has 0 aliphatic heterocycles. The third kappa shape index (κ3) is 28.7. The van der Waals surface area contributed by atoms with Crippen LogP contribution in [0.5, 0.6) is 0 Å². The molecule has 10 amide bonds. The third-order valence-corrected chi connectivity index (χ3v) is 14.5. The first-order chi connectivity index (χ1) is 44.3. The lowest BCUT2D eigenvalue weighted by Gasteiger charge is -2.33. The van der Waals surface area contributed by atoms with E-state index in [9.17, 15) is 78.6 Å². The van der Waals surface area contributed by atoms with Crippen molar-refractivity contribution in [3.63, 3.8) is 0 Å². The van der Waals surface area contributed by atoms with E-state index in [1.165, 1.54) is 0 Å². The molecule has 22 N–H and O–H groups in total. The summed E-state index contributed by atoms with van der Waals surface area (Å²) < 4.78 is 11.1. The fraction of sp³-hybridized carbons (Fsp3) is 0.607. The number of benzene rings is 2. The van der Waals surface area contributed by atoms with E-state index in [1.54, 1.807) is 136 Å². The molecule has 14 atom stereocenters. The van der Waals surface area contributed by atoms with Crippen LogP contribution < -0.4 is 75.3 Å². The molecule has 532 valence electrons. The van der Waals surface area contributed by atoms with E-state index < -0.39 is 175 Å². The first kappa shape index (κ1) is 82.1. The molecule has 0 aliphatic carbocycles. The Balaban J connectivity index is 2.61. The van der Waals surface area contributed by atoms with Gasteiger partial charge in [-0.2, -0.15) is 0 Å².